The summed E-state index contributed by atoms with van der Waals surface area (Å²) < 4.78 is 95.9. The van der Waals surface area contributed by atoms with Gasteiger partial charge in [-0.1, -0.05) is 31.7 Å². The van der Waals surface area contributed by atoms with Crippen LogP contribution in [0.25, 0.3) is 0 Å². The zero-order valence-electron chi connectivity index (χ0n) is 33.7. The maximum Gasteiger partial charge on any atom is 0.485 e. The number of ether oxygens (including phenoxy) is 2. The molecule has 1 N–H and O–H groups in total. The third-order valence-electron chi connectivity index (χ3n) is 7.08. The molecule has 0 aromatic heterocycles. The van der Waals surface area contributed by atoms with Crippen LogP contribution in [0.4, 0.5) is 22.0 Å². The number of hydroxylamine groups is 2. The standard InChI is InChI=1S/C12H16O2.C11H8FNO4.C9H14NO2.C7H5FO2.CHF3O3S.CH4/c1-9-5-7-10(8-6-9)11(13)14-12(2,3)4;12-8-3-1-7(2-4-8)11(16)17-13-9(14)5-6-10(13)15;1-7-4-5-8(11)9(7)12-6-10(2)3;8-6-3-1-5(2-4-6)7(9)10;2-1(3,4)8(5,6)7;/h5-8H,1-4H3;1-4H,5-6H2;6,9H,1,4-5H2,2-3H3;1-4H,(H,9,10);(H,5,6,7);1H4/q;;+1;;;/p-1/i;12-1;;8-1;;. The third kappa shape index (κ3) is 20.8. The Morgan fingerprint density at radius 2 is 1.19 bits per heavy atom. The lowest BCUT2D eigenvalue weighted by Crippen LogP contribution is -2.32. The molecule has 5 rings (SSSR count). The number of rotatable bonds is 6. The van der Waals surface area contributed by atoms with E-state index in [1.807, 2.05) is 53.9 Å². The molecule has 21 heteroatoms. The first-order chi connectivity index (χ1) is 28.0. The minimum Gasteiger partial charge on any atom is -0.741 e. The molecule has 1 aliphatic heterocycles. The summed E-state index contributed by atoms with van der Waals surface area (Å²) in [7, 11) is -2.39. The van der Waals surface area contributed by atoms with E-state index in [1.54, 1.807) is 23.1 Å². The minimum absolute atomic E-state index is 0. The highest BCUT2D eigenvalue weighted by Gasteiger charge is 2.37. The number of carboxylic acid groups (broad SMARTS) is 1. The Balaban J connectivity index is 0.000000765. The van der Waals surface area contributed by atoms with Crippen molar-refractivity contribution < 1.29 is 87.7 Å². The van der Waals surface area contributed by atoms with Gasteiger partial charge in [0, 0.05) is 19.3 Å². The van der Waals surface area contributed by atoms with Gasteiger partial charge in [0.25, 0.3) is 11.8 Å². The molecule has 1 unspecified atom stereocenters. The number of nitrogens with zero attached hydrogens (tertiary/aromatic N) is 2. The van der Waals surface area contributed by atoms with Gasteiger partial charge in [-0.05, 0) is 100 Å². The third-order valence-corrected chi connectivity index (χ3v) is 7.65. The summed E-state index contributed by atoms with van der Waals surface area (Å²) in [6.45, 7) is 11.3. The van der Waals surface area contributed by atoms with Crippen LogP contribution in [-0.4, -0.2) is 101 Å². The number of aryl methyl sites for hydroxylation is 1. The molecule has 0 radical (unpaired) electrons. The normalized spacial score (nSPS) is 14.4. The molecule has 3 aromatic carbocycles. The van der Waals surface area contributed by atoms with Gasteiger partial charge in [-0.25, -0.2) is 36.2 Å². The number of benzene rings is 3. The largest absolute Gasteiger partial charge is 0.741 e. The number of carboxylic acids is 1. The molecular weight excluding hydrogens is 854 g/mol. The highest BCUT2D eigenvalue weighted by molar-refractivity contribution is 7.86. The molecule has 0 spiro atoms. The Morgan fingerprint density at radius 1 is 0.790 bits per heavy atom. The monoisotopic (exact) mass is 900 g/mol. The summed E-state index contributed by atoms with van der Waals surface area (Å²) in [5.74, 6) is -4.06. The van der Waals surface area contributed by atoms with Crippen molar-refractivity contribution in [3.8, 4) is 0 Å². The summed E-state index contributed by atoms with van der Waals surface area (Å²) in [6, 6.07) is 16.6. The first-order valence-electron chi connectivity index (χ1n) is 17.5. The molecule has 15 nitrogen and oxygen atoms in total. The van der Waals surface area contributed by atoms with E-state index < -0.39 is 62.7 Å². The van der Waals surface area contributed by atoms with E-state index in [2.05, 4.69) is 11.4 Å². The predicted molar refractivity (Wildman–Crippen MR) is 212 cm³/mol. The van der Waals surface area contributed by atoms with Crippen molar-refractivity contribution in [3.63, 3.8) is 0 Å². The number of alkyl halides is 3. The van der Waals surface area contributed by atoms with E-state index in [0.717, 1.165) is 41.8 Å². The molecule has 340 valence electrons. The van der Waals surface area contributed by atoms with Crippen LogP contribution < -0.4 is 0 Å². The topological polar surface area (TPSA) is 214 Å². The van der Waals surface area contributed by atoms with Crippen LogP contribution in [0.5, 0.6) is 0 Å². The molecule has 2 aliphatic rings. The van der Waals surface area contributed by atoms with E-state index in [1.165, 1.54) is 24.3 Å². The van der Waals surface area contributed by atoms with E-state index in [0.29, 0.717) is 17.0 Å². The molecule has 2 fully saturated rings. The minimum atomic E-state index is -6.09. The lowest BCUT2D eigenvalue weighted by atomic mass is 10.1. The van der Waals surface area contributed by atoms with E-state index >= 15 is 0 Å². The number of amides is 2. The number of hydrogen-bond acceptors (Lipinski definition) is 12. The zero-order valence-corrected chi connectivity index (χ0v) is 34.5. The Morgan fingerprint density at radius 3 is 1.55 bits per heavy atom. The van der Waals surface area contributed by atoms with Gasteiger partial charge in [0.1, 0.15) is 31.3 Å². The zero-order chi connectivity index (χ0) is 46.9. The average molecular weight is 901 g/mol. The van der Waals surface area contributed by atoms with Crippen LogP contribution in [0.15, 0.2) is 84.9 Å². The highest BCUT2D eigenvalue weighted by atomic mass is 32.2. The number of esters is 1. The SMILES string of the molecule is C.C=C1CCC(=O)C1OC=[N+](C)C.Cc1ccc(C(=O)OC(C)(C)C)cc1.O=C(O)c1ccc([18F])cc1.O=C(ON1C(=O)CCC1=O)c1ccc([18F])cc1.O=S(=O)([O-])C(F)(F)F. The highest BCUT2D eigenvalue weighted by Crippen LogP contribution is 2.22. The summed E-state index contributed by atoms with van der Waals surface area (Å²) in [5.41, 5.74) is -3.28. The van der Waals surface area contributed by atoms with Gasteiger partial charge in [0.2, 0.25) is 0 Å². The van der Waals surface area contributed by atoms with Gasteiger partial charge in [-0.2, -0.15) is 13.2 Å². The number of carbonyl (C=O) groups is 6. The Labute approximate surface area is 355 Å². The summed E-state index contributed by atoms with van der Waals surface area (Å²) >= 11 is 0. The summed E-state index contributed by atoms with van der Waals surface area (Å²) in [4.78, 5) is 71.4. The number of hydrogen-bond donors (Lipinski definition) is 1. The second-order valence-corrected chi connectivity index (χ2v) is 15.1. The molecule has 3 aromatic rings. The maximum atomic E-state index is 12.6. The molecule has 1 saturated heterocycles. The Kier molecular flexibility index (Phi) is 22.3. The van der Waals surface area contributed by atoms with Crippen LogP contribution in [-0.2, 0) is 38.8 Å². The molecule has 0 bridgehead atoms. The van der Waals surface area contributed by atoms with Gasteiger partial charge >= 0.3 is 29.8 Å². The molecule has 1 saturated carbocycles. The predicted octanol–water partition coefficient (Wildman–Crippen LogP) is 6.80. The smallest absolute Gasteiger partial charge is 0.485 e. The summed E-state index contributed by atoms with van der Waals surface area (Å²) in [6.07, 6.45) is 2.56. The molecule has 1 atom stereocenters. The van der Waals surface area contributed by atoms with Gasteiger partial charge in [0.15, 0.2) is 22.0 Å². The lowest BCUT2D eigenvalue weighted by Gasteiger charge is -2.19. The van der Waals surface area contributed by atoms with Gasteiger partial charge < -0.3 is 24.0 Å². The van der Waals surface area contributed by atoms with Crippen molar-refractivity contribution in [1.29, 1.82) is 0 Å². The fraction of sp³-hybridized carbons (Fsp3) is 0.341. The van der Waals surface area contributed by atoms with Crippen LogP contribution in [0.3, 0.4) is 0 Å². The fourth-order valence-corrected chi connectivity index (χ4v) is 4.13. The molecule has 2 amide bonds. The van der Waals surface area contributed by atoms with Crippen LogP contribution >= 0.6 is 0 Å². The lowest BCUT2D eigenvalue weighted by molar-refractivity contribution is -0.468. The molecular formula is C41H47F5N2O13S. The second-order valence-electron chi connectivity index (χ2n) is 13.8. The van der Waals surface area contributed by atoms with Crippen molar-refractivity contribution in [2.45, 2.75) is 78.0 Å². The second kappa shape index (κ2) is 24.8. The van der Waals surface area contributed by atoms with E-state index in [9.17, 15) is 50.7 Å². The average Bonchev–Trinajstić information content (AvgIpc) is 3.64. The van der Waals surface area contributed by atoms with Gasteiger partial charge in [-0.15, -0.1) is 5.06 Å². The van der Waals surface area contributed by atoms with Gasteiger partial charge in [-0.3, -0.25) is 14.4 Å². The number of halogens is 5. The Hall–Kier alpha value is -6.35. The quantitative estimate of drug-likeness (QED) is 0.0311. The van der Waals surface area contributed by atoms with Crippen LogP contribution in [0.2, 0.25) is 0 Å². The van der Waals surface area contributed by atoms with E-state index in [-0.39, 0.29) is 43.1 Å². The van der Waals surface area contributed by atoms with Gasteiger partial charge in [0.05, 0.1) is 16.7 Å². The first kappa shape index (κ1) is 55.7. The first-order valence-corrected chi connectivity index (χ1v) is 18.9. The van der Waals surface area contributed by atoms with Crippen molar-refractivity contribution >= 4 is 52.0 Å². The summed E-state index contributed by atoms with van der Waals surface area (Å²) in [5, 5.41) is 8.80. The number of aromatic carboxylic acids is 1. The van der Waals surface area contributed by atoms with Crippen LogP contribution in [0, 0.1) is 18.6 Å². The maximum absolute atomic E-state index is 12.6. The number of imide groups is 1. The van der Waals surface area contributed by atoms with Crippen molar-refractivity contribution in [2.24, 2.45) is 0 Å². The van der Waals surface area contributed by atoms with E-state index in [4.69, 9.17) is 27.6 Å². The van der Waals surface area contributed by atoms with Crippen molar-refractivity contribution in [1.82, 2.24) is 5.06 Å². The molecule has 62 heavy (non-hydrogen) atoms. The molecule has 1 aliphatic carbocycles. The van der Waals surface area contributed by atoms with Crippen LogP contribution in [0.1, 0.15) is 90.5 Å². The number of Topliss-reactive ketones (excluding diaryl/α,β-unsaturated/α-hetero) is 1. The number of carbonyl (C=O) groups excluding carboxylic acids is 5. The molecule has 1 heterocycles. The fourth-order valence-electron chi connectivity index (χ4n) is 4.13. The van der Waals surface area contributed by atoms with Crippen molar-refractivity contribution in [3.05, 3.63) is 119 Å². The van der Waals surface area contributed by atoms with Crippen molar-refractivity contribution in [2.75, 3.05) is 14.1 Å². The Bertz CT molecular complexity index is 2130. The number of ketones is 1.